The van der Waals surface area contributed by atoms with Crippen molar-refractivity contribution in [2.45, 2.75) is 41.8 Å². The highest BCUT2D eigenvalue weighted by atomic mass is 35.5. The molecule has 3 aliphatic rings. The third-order valence-corrected chi connectivity index (χ3v) is 8.28. The number of rotatable bonds is 6. The van der Waals surface area contributed by atoms with Crippen molar-refractivity contribution in [1.82, 2.24) is 5.32 Å². The number of allylic oxidation sites excluding steroid dienone is 4. The van der Waals surface area contributed by atoms with Gasteiger partial charge in [0, 0.05) is 28.5 Å². The molecule has 3 aliphatic carbocycles. The lowest BCUT2D eigenvalue weighted by molar-refractivity contribution is -0.166. The second kappa shape index (κ2) is 11.1. The van der Waals surface area contributed by atoms with Crippen LogP contribution in [-0.2, 0) is 4.79 Å². The number of aliphatic hydroxyl groups is 1. The molecule has 4 rings (SSSR count). The first-order chi connectivity index (χ1) is 18.8. The van der Waals surface area contributed by atoms with Gasteiger partial charge in [0.25, 0.3) is 5.91 Å². The minimum atomic E-state index is -5.02. The zero-order chi connectivity index (χ0) is 30.7. The molecule has 5 unspecified atom stereocenters. The number of hydrogen-bond donors (Lipinski definition) is 4. The highest BCUT2D eigenvalue weighted by molar-refractivity contribution is 6.51. The maximum atomic E-state index is 14.2. The molecule has 1 fully saturated rings. The first kappa shape index (κ1) is 31.6. The molecule has 0 saturated heterocycles. The largest absolute Gasteiger partial charge is 0.412 e. The van der Waals surface area contributed by atoms with Crippen molar-refractivity contribution in [1.29, 1.82) is 0 Å². The number of nitrogens with one attached hydrogen (secondary N) is 2. The van der Waals surface area contributed by atoms with Gasteiger partial charge in [-0.1, -0.05) is 35.9 Å². The number of benzene rings is 1. The maximum absolute atomic E-state index is 14.2. The Labute approximate surface area is 242 Å². The van der Waals surface area contributed by atoms with Crippen molar-refractivity contribution < 1.29 is 45.0 Å². The third kappa shape index (κ3) is 6.53. The second-order valence-corrected chi connectivity index (χ2v) is 11.6. The molecule has 0 radical (unpaired) electrons. The van der Waals surface area contributed by atoms with Gasteiger partial charge in [-0.25, -0.2) is 8.78 Å². The Hall–Kier alpha value is -2.32. The zero-order valence-electron chi connectivity index (χ0n) is 20.4. The van der Waals surface area contributed by atoms with Gasteiger partial charge in [0.05, 0.1) is 17.2 Å². The van der Waals surface area contributed by atoms with Crippen LogP contribution in [-0.4, -0.2) is 40.0 Å². The van der Waals surface area contributed by atoms with Gasteiger partial charge in [0.15, 0.2) is 5.82 Å². The predicted octanol–water partition coefficient (Wildman–Crippen LogP) is 6.63. The summed E-state index contributed by atoms with van der Waals surface area (Å²) in [6, 6.07) is 0.935. The fourth-order valence-electron chi connectivity index (χ4n) is 4.78. The molecule has 0 heterocycles. The van der Waals surface area contributed by atoms with Crippen LogP contribution in [0.3, 0.4) is 0 Å². The Bertz CT molecular complexity index is 1370. The number of nitrogen functional groups attached to an aromatic ring is 1. The van der Waals surface area contributed by atoms with Crippen LogP contribution in [0.25, 0.3) is 0 Å². The molecule has 224 valence electrons. The predicted molar refractivity (Wildman–Crippen MR) is 137 cm³/mol. The lowest BCUT2D eigenvalue weighted by Gasteiger charge is -2.26. The van der Waals surface area contributed by atoms with Crippen LogP contribution < -0.4 is 16.4 Å². The van der Waals surface area contributed by atoms with E-state index in [0.717, 1.165) is 12.1 Å². The minimum absolute atomic E-state index is 0.0470. The van der Waals surface area contributed by atoms with Crippen LogP contribution in [0.15, 0.2) is 58.2 Å². The van der Waals surface area contributed by atoms with E-state index in [0.29, 0.717) is 12.2 Å². The van der Waals surface area contributed by atoms with Crippen LogP contribution >= 0.6 is 34.8 Å². The summed E-state index contributed by atoms with van der Waals surface area (Å²) in [7, 11) is 0. The molecule has 1 aromatic rings. The van der Waals surface area contributed by atoms with Crippen LogP contribution in [0, 0.1) is 29.4 Å². The quantitative estimate of drug-likeness (QED) is 0.120. The molecule has 1 saturated carbocycles. The van der Waals surface area contributed by atoms with Gasteiger partial charge in [-0.05, 0) is 30.5 Å². The van der Waals surface area contributed by atoms with Crippen molar-refractivity contribution in [3.8, 4) is 0 Å². The maximum Gasteiger partial charge on any atom is 0.412 e. The molecule has 5 N–H and O–H groups in total. The number of nitrogens with two attached hydrogens (primary N) is 1. The van der Waals surface area contributed by atoms with Gasteiger partial charge in [0.2, 0.25) is 0 Å². The summed E-state index contributed by atoms with van der Waals surface area (Å²) in [6.07, 6.45) is -9.01. The van der Waals surface area contributed by atoms with E-state index in [1.165, 1.54) is 12.2 Å². The average Bonchev–Trinajstić information content (AvgIpc) is 3.46. The van der Waals surface area contributed by atoms with E-state index >= 15 is 0 Å². The number of amides is 1. The third-order valence-electron chi connectivity index (χ3n) is 6.95. The first-order valence-corrected chi connectivity index (χ1v) is 13.0. The number of alkyl halides is 8. The number of carbonyl (C=O) groups excluding carboxylic acids is 1. The van der Waals surface area contributed by atoms with Crippen molar-refractivity contribution >= 4 is 52.1 Å². The summed E-state index contributed by atoms with van der Waals surface area (Å²) in [5, 5.41) is 15.6. The zero-order valence-corrected chi connectivity index (χ0v) is 22.6. The topological polar surface area (TPSA) is 87.4 Å². The summed E-state index contributed by atoms with van der Waals surface area (Å²) in [4.78, 5) is 12.8. The Morgan fingerprint density at radius 1 is 1.12 bits per heavy atom. The number of hydrogen-bond acceptors (Lipinski definition) is 4. The van der Waals surface area contributed by atoms with Gasteiger partial charge in [-0.2, -0.15) is 26.3 Å². The standard InChI is InChI=1S/C25H20Cl3F8N3O2/c26-14-2-1-12(8-13(14)21(40)39-16-4-3-15(29)20(37)19(16)30)38-22(41)18-17(23(18,27)28)9-5-10(24(31,32)33)7-11(6-9)25(34,35)36/h2-6,8,10,12,17-18,22,38,41H,1,7,37H2,(H,39,40). The van der Waals surface area contributed by atoms with Gasteiger partial charge >= 0.3 is 12.4 Å². The lowest BCUT2D eigenvalue weighted by Crippen LogP contribution is -2.41. The number of halogens is 11. The van der Waals surface area contributed by atoms with Crippen LogP contribution in [0.5, 0.6) is 0 Å². The normalized spacial score (nSPS) is 26.8. The van der Waals surface area contributed by atoms with E-state index < -0.39 is 93.2 Å². The molecular formula is C25H20Cl3F8N3O2. The molecule has 5 atom stereocenters. The molecule has 41 heavy (non-hydrogen) atoms. The molecule has 16 heteroatoms. The number of anilines is 2. The van der Waals surface area contributed by atoms with E-state index in [9.17, 15) is 45.0 Å². The summed E-state index contributed by atoms with van der Waals surface area (Å²) in [6.45, 7) is 0. The van der Waals surface area contributed by atoms with Crippen LogP contribution in [0.2, 0.25) is 0 Å². The number of aliphatic hydroxyl groups excluding tert-OH is 1. The molecule has 1 aromatic carbocycles. The van der Waals surface area contributed by atoms with E-state index in [4.69, 9.17) is 40.5 Å². The Morgan fingerprint density at radius 2 is 1.78 bits per heavy atom. The molecule has 1 amide bonds. The summed E-state index contributed by atoms with van der Waals surface area (Å²) in [5.74, 6) is -8.10. The van der Waals surface area contributed by atoms with Gasteiger partial charge in [-0.15, -0.1) is 23.2 Å². The molecular weight excluding hydrogens is 633 g/mol. The van der Waals surface area contributed by atoms with Crippen LogP contribution in [0.1, 0.15) is 12.8 Å². The van der Waals surface area contributed by atoms with E-state index in [1.807, 2.05) is 0 Å². The first-order valence-electron chi connectivity index (χ1n) is 11.8. The SMILES string of the molecule is Nc1c(F)ccc(NC(=O)C2=CC(NC(O)C3C(C4=CC(C(F)(F)F)CC(C(F)(F)F)=C4)C3(Cl)Cl)CC=C2Cl)c1F. The summed E-state index contributed by atoms with van der Waals surface area (Å²) in [5.41, 5.74) is 2.04. The smallest absolute Gasteiger partial charge is 0.394 e. The summed E-state index contributed by atoms with van der Waals surface area (Å²) >= 11 is 18.6. The molecule has 0 spiro atoms. The van der Waals surface area contributed by atoms with Gasteiger partial charge < -0.3 is 16.2 Å². The van der Waals surface area contributed by atoms with E-state index in [-0.39, 0.29) is 17.0 Å². The molecule has 0 aromatic heterocycles. The highest BCUT2D eigenvalue weighted by Crippen LogP contribution is 2.65. The van der Waals surface area contributed by atoms with Crippen molar-refractivity contribution in [2.75, 3.05) is 11.1 Å². The fraction of sp³-hybridized carbons (Fsp3) is 0.400. The Morgan fingerprint density at radius 3 is 2.39 bits per heavy atom. The Kier molecular flexibility index (Phi) is 8.53. The summed E-state index contributed by atoms with van der Waals surface area (Å²) < 4.78 is 106. The molecule has 0 aliphatic heterocycles. The van der Waals surface area contributed by atoms with Gasteiger partial charge in [-0.3, -0.25) is 10.1 Å². The van der Waals surface area contributed by atoms with Gasteiger partial charge in [0.1, 0.15) is 22.1 Å². The average molecular weight is 653 g/mol. The molecule has 5 nitrogen and oxygen atoms in total. The van der Waals surface area contributed by atoms with E-state index in [1.54, 1.807) is 0 Å². The van der Waals surface area contributed by atoms with Crippen molar-refractivity contribution in [2.24, 2.45) is 17.8 Å². The fourth-order valence-corrected chi connectivity index (χ4v) is 5.90. The lowest BCUT2D eigenvalue weighted by atomic mass is 9.87. The van der Waals surface area contributed by atoms with Crippen molar-refractivity contribution in [3.63, 3.8) is 0 Å². The molecule has 0 bridgehead atoms. The van der Waals surface area contributed by atoms with Crippen molar-refractivity contribution in [3.05, 3.63) is 69.8 Å². The number of carbonyl (C=O) groups is 1. The highest BCUT2D eigenvalue weighted by Gasteiger charge is 2.68. The van der Waals surface area contributed by atoms with Crippen LogP contribution in [0.4, 0.5) is 46.5 Å². The minimum Gasteiger partial charge on any atom is -0.394 e. The monoisotopic (exact) mass is 651 g/mol. The van der Waals surface area contributed by atoms with E-state index in [2.05, 4.69) is 10.6 Å². The second-order valence-electron chi connectivity index (χ2n) is 9.73. The Balaban J connectivity index is 1.51.